The predicted molar refractivity (Wildman–Crippen MR) is 79.0 cm³/mol. The predicted octanol–water partition coefficient (Wildman–Crippen LogP) is 2.70. The highest BCUT2D eigenvalue weighted by Gasteiger charge is 2.35. The van der Waals surface area contributed by atoms with Gasteiger partial charge in [0.25, 0.3) is 0 Å². The minimum atomic E-state index is -0.471. The van der Waals surface area contributed by atoms with Gasteiger partial charge >= 0.3 is 0 Å². The Bertz CT molecular complexity index is 453. The maximum absolute atomic E-state index is 12.7. The van der Waals surface area contributed by atoms with Crippen LogP contribution in [-0.4, -0.2) is 48.8 Å². The van der Waals surface area contributed by atoms with E-state index in [-0.39, 0.29) is 5.78 Å². The second kappa shape index (κ2) is 6.07. The van der Waals surface area contributed by atoms with E-state index in [1.807, 2.05) is 44.4 Å². The van der Waals surface area contributed by atoms with Crippen molar-refractivity contribution < 1.29 is 9.53 Å². The van der Waals surface area contributed by atoms with Crippen molar-refractivity contribution in [2.75, 3.05) is 32.6 Å². The smallest absolute Gasteiger partial charge is 0.182 e. The summed E-state index contributed by atoms with van der Waals surface area (Å²) in [6.45, 7) is 7.07. The van der Waals surface area contributed by atoms with Gasteiger partial charge in [-0.25, -0.2) is 0 Å². The Kier molecular flexibility index (Phi) is 4.66. The molecule has 0 unspecified atom stereocenters. The van der Waals surface area contributed by atoms with E-state index in [1.165, 1.54) is 0 Å². The van der Waals surface area contributed by atoms with Gasteiger partial charge in [0.05, 0.1) is 18.8 Å². The molecule has 0 bridgehead atoms. The molecule has 2 rings (SSSR count). The van der Waals surface area contributed by atoms with Crippen molar-refractivity contribution in [1.82, 2.24) is 4.90 Å². The standard InChI is InChI=1S/C15H21NO2S/c1-15(2,16-7-9-18-10-8-16)14(17)12-5-4-6-13(11-12)19-3/h4-6,11H,7-10H2,1-3H3. The number of carbonyl (C=O) groups excluding carboxylic acids is 1. The van der Waals surface area contributed by atoms with Crippen molar-refractivity contribution in [3.8, 4) is 0 Å². The summed E-state index contributed by atoms with van der Waals surface area (Å²) < 4.78 is 5.36. The zero-order valence-electron chi connectivity index (χ0n) is 11.8. The zero-order valence-corrected chi connectivity index (χ0v) is 12.6. The van der Waals surface area contributed by atoms with Gasteiger partial charge in [-0.15, -0.1) is 11.8 Å². The molecule has 19 heavy (non-hydrogen) atoms. The second-order valence-corrected chi connectivity index (χ2v) is 6.10. The van der Waals surface area contributed by atoms with Crippen molar-refractivity contribution in [2.24, 2.45) is 0 Å². The van der Waals surface area contributed by atoms with Crippen molar-refractivity contribution in [3.05, 3.63) is 29.8 Å². The van der Waals surface area contributed by atoms with E-state index in [0.717, 1.165) is 23.5 Å². The quantitative estimate of drug-likeness (QED) is 0.626. The summed E-state index contributed by atoms with van der Waals surface area (Å²) in [6.07, 6.45) is 2.02. The van der Waals surface area contributed by atoms with E-state index in [0.29, 0.717) is 13.2 Å². The minimum absolute atomic E-state index is 0.185. The lowest BCUT2D eigenvalue weighted by Gasteiger charge is -2.39. The fourth-order valence-corrected chi connectivity index (χ4v) is 2.84. The van der Waals surface area contributed by atoms with E-state index in [4.69, 9.17) is 4.74 Å². The van der Waals surface area contributed by atoms with Crippen LogP contribution in [0.1, 0.15) is 24.2 Å². The monoisotopic (exact) mass is 279 g/mol. The first-order valence-electron chi connectivity index (χ1n) is 6.57. The lowest BCUT2D eigenvalue weighted by atomic mass is 9.91. The van der Waals surface area contributed by atoms with E-state index >= 15 is 0 Å². The van der Waals surface area contributed by atoms with E-state index in [9.17, 15) is 4.79 Å². The molecule has 1 aromatic carbocycles. The van der Waals surface area contributed by atoms with Crippen LogP contribution in [0, 0.1) is 0 Å². The van der Waals surface area contributed by atoms with E-state index < -0.39 is 5.54 Å². The van der Waals surface area contributed by atoms with Crippen LogP contribution in [0.25, 0.3) is 0 Å². The molecule has 1 saturated heterocycles. The van der Waals surface area contributed by atoms with Crippen LogP contribution < -0.4 is 0 Å². The maximum Gasteiger partial charge on any atom is 0.182 e. The average Bonchev–Trinajstić information content (AvgIpc) is 2.47. The normalized spacial score (nSPS) is 17.4. The highest BCUT2D eigenvalue weighted by molar-refractivity contribution is 7.98. The number of thioether (sulfide) groups is 1. The third-order valence-electron chi connectivity index (χ3n) is 3.69. The molecule has 0 saturated carbocycles. The van der Waals surface area contributed by atoms with Gasteiger partial charge < -0.3 is 4.74 Å². The summed E-state index contributed by atoms with van der Waals surface area (Å²) in [5.74, 6) is 0.185. The molecule has 4 heteroatoms. The fraction of sp³-hybridized carbons (Fsp3) is 0.533. The zero-order chi connectivity index (χ0) is 13.9. The van der Waals surface area contributed by atoms with Crippen molar-refractivity contribution in [2.45, 2.75) is 24.3 Å². The molecule has 104 valence electrons. The van der Waals surface area contributed by atoms with Crippen molar-refractivity contribution in [1.29, 1.82) is 0 Å². The first kappa shape index (κ1) is 14.6. The highest BCUT2D eigenvalue weighted by atomic mass is 32.2. The summed E-state index contributed by atoms with van der Waals surface area (Å²) in [5, 5.41) is 0. The topological polar surface area (TPSA) is 29.5 Å². The van der Waals surface area contributed by atoms with Gasteiger partial charge in [0.1, 0.15) is 0 Å². The van der Waals surface area contributed by atoms with Gasteiger partial charge in [-0.05, 0) is 32.2 Å². The largest absolute Gasteiger partial charge is 0.379 e. The first-order valence-corrected chi connectivity index (χ1v) is 7.80. The summed E-state index contributed by atoms with van der Waals surface area (Å²) in [6, 6.07) is 7.87. The summed E-state index contributed by atoms with van der Waals surface area (Å²) >= 11 is 1.66. The van der Waals surface area contributed by atoms with Crippen molar-refractivity contribution in [3.63, 3.8) is 0 Å². The second-order valence-electron chi connectivity index (χ2n) is 5.22. The van der Waals surface area contributed by atoms with E-state index in [1.54, 1.807) is 11.8 Å². The lowest BCUT2D eigenvalue weighted by molar-refractivity contribution is -0.00430. The highest BCUT2D eigenvalue weighted by Crippen LogP contribution is 2.24. The molecule has 0 spiro atoms. The first-order chi connectivity index (χ1) is 9.05. The molecule has 0 aliphatic carbocycles. The summed E-state index contributed by atoms with van der Waals surface area (Å²) in [5.41, 5.74) is 0.323. The molecule has 1 heterocycles. The third kappa shape index (κ3) is 3.19. The Morgan fingerprint density at radius 2 is 2.00 bits per heavy atom. The number of Topliss-reactive ketones (excluding diaryl/α,β-unsaturated/α-hetero) is 1. The number of morpholine rings is 1. The molecule has 1 fully saturated rings. The number of ketones is 1. The Morgan fingerprint density at radius 1 is 1.32 bits per heavy atom. The van der Waals surface area contributed by atoms with E-state index in [2.05, 4.69) is 4.90 Å². The van der Waals surface area contributed by atoms with Crippen LogP contribution in [0.5, 0.6) is 0 Å². The number of carbonyl (C=O) groups is 1. The number of hydrogen-bond donors (Lipinski definition) is 0. The maximum atomic E-state index is 12.7. The minimum Gasteiger partial charge on any atom is -0.379 e. The molecule has 1 aromatic rings. The molecule has 0 atom stereocenters. The summed E-state index contributed by atoms with van der Waals surface area (Å²) in [4.78, 5) is 16.1. The molecule has 0 radical (unpaired) electrons. The van der Waals surface area contributed by atoms with Crippen LogP contribution in [0.15, 0.2) is 29.2 Å². The summed E-state index contributed by atoms with van der Waals surface area (Å²) in [7, 11) is 0. The van der Waals surface area contributed by atoms with Crippen LogP contribution >= 0.6 is 11.8 Å². The number of rotatable bonds is 4. The Morgan fingerprint density at radius 3 is 2.63 bits per heavy atom. The molecular formula is C15H21NO2S. The number of hydrogen-bond acceptors (Lipinski definition) is 4. The molecule has 3 nitrogen and oxygen atoms in total. The number of nitrogens with zero attached hydrogens (tertiary/aromatic N) is 1. The number of ether oxygens (including phenoxy) is 1. The van der Waals surface area contributed by atoms with Gasteiger partial charge in [0.15, 0.2) is 5.78 Å². The molecule has 0 aromatic heterocycles. The van der Waals surface area contributed by atoms with Gasteiger partial charge in [0, 0.05) is 23.5 Å². The molecule has 1 aliphatic heterocycles. The molecule has 0 amide bonds. The van der Waals surface area contributed by atoms with Gasteiger partial charge in [-0.3, -0.25) is 9.69 Å². The average molecular weight is 279 g/mol. The van der Waals surface area contributed by atoms with Crippen LogP contribution in [0.3, 0.4) is 0 Å². The lowest BCUT2D eigenvalue weighted by Crippen LogP contribution is -2.54. The molecular weight excluding hydrogens is 258 g/mol. The van der Waals surface area contributed by atoms with Gasteiger partial charge in [-0.1, -0.05) is 12.1 Å². The Labute approximate surface area is 119 Å². The van der Waals surface area contributed by atoms with Gasteiger partial charge in [0.2, 0.25) is 0 Å². The SMILES string of the molecule is CSc1cccc(C(=O)C(C)(C)N2CCOCC2)c1. The fourth-order valence-electron chi connectivity index (χ4n) is 2.38. The van der Waals surface area contributed by atoms with Crippen LogP contribution in [0.4, 0.5) is 0 Å². The van der Waals surface area contributed by atoms with Crippen LogP contribution in [0.2, 0.25) is 0 Å². The Balaban J connectivity index is 2.20. The van der Waals surface area contributed by atoms with Crippen LogP contribution in [-0.2, 0) is 4.74 Å². The van der Waals surface area contributed by atoms with Gasteiger partial charge in [-0.2, -0.15) is 0 Å². The van der Waals surface area contributed by atoms with Crippen molar-refractivity contribution >= 4 is 17.5 Å². The number of benzene rings is 1. The molecule has 0 N–H and O–H groups in total. The Hall–Kier alpha value is -0.840. The third-order valence-corrected chi connectivity index (χ3v) is 4.41. The molecule has 1 aliphatic rings.